The Morgan fingerprint density at radius 1 is 1.70 bits per heavy atom. The summed E-state index contributed by atoms with van der Waals surface area (Å²) in [6.45, 7) is 0.778. The van der Waals surface area contributed by atoms with Gasteiger partial charge in [0.15, 0.2) is 6.29 Å². The average molecular weight is 148 g/mol. The summed E-state index contributed by atoms with van der Waals surface area (Å²) in [7, 11) is 1.54. The third-order valence-electron chi connectivity index (χ3n) is 1.41. The molecule has 0 aromatic heterocycles. The number of rotatable bonds is 3. The van der Waals surface area contributed by atoms with E-state index in [2.05, 4.69) is 4.74 Å². The Morgan fingerprint density at radius 2 is 2.50 bits per heavy atom. The van der Waals surface area contributed by atoms with Gasteiger partial charge >= 0.3 is 0 Å². The van der Waals surface area contributed by atoms with Gasteiger partial charge in [-0.05, 0) is 0 Å². The first kappa shape index (κ1) is 7.94. The predicted molar refractivity (Wildman–Crippen MR) is 33.3 cm³/mol. The molecule has 1 heterocycles. The molecule has 0 saturated carbocycles. The normalized spacial score (nSPS) is 33.0. The number of ether oxygens (including phenoxy) is 3. The molecule has 0 aromatic rings. The second kappa shape index (κ2) is 3.88. The molecule has 1 N–H and O–H groups in total. The van der Waals surface area contributed by atoms with Crippen molar-refractivity contribution in [3.8, 4) is 0 Å². The molecule has 10 heavy (non-hydrogen) atoms. The highest BCUT2D eigenvalue weighted by Gasteiger charge is 2.26. The van der Waals surface area contributed by atoms with Crippen molar-refractivity contribution in [2.24, 2.45) is 0 Å². The van der Waals surface area contributed by atoms with E-state index in [1.165, 1.54) is 0 Å². The fourth-order valence-electron chi connectivity index (χ4n) is 0.876. The molecule has 4 heteroatoms. The van der Waals surface area contributed by atoms with Crippen LogP contribution in [0, 0.1) is 0 Å². The standard InChI is InChI=1S/C6H12O4/c1-8-4-10-5-2-3-9-6(5)7/h5-7H,2-4H2,1H3. The van der Waals surface area contributed by atoms with E-state index in [1.54, 1.807) is 7.11 Å². The van der Waals surface area contributed by atoms with Crippen molar-refractivity contribution in [2.45, 2.75) is 18.8 Å². The molecule has 0 radical (unpaired) electrons. The zero-order chi connectivity index (χ0) is 7.40. The minimum atomic E-state index is -0.768. The molecule has 1 fully saturated rings. The number of hydrogen-bond acceptors (Lipinski definition) is 4. The molecule has 2 atom stereocenters. The Kier molecular flexibility index (Phi) is 3.08. The van der Waals surface area contributed by atoms with E-state index in [9.17, 15) is 0 Å². The number of aliphatic hydroxyl groups excluding tert-OH is 1. The zero-order valence-corrected chi connectivity index (χ0v) is 5.95. The Balaban J connectivity index is 2.14. The fourth-order valence-corrected chi connectivity index (χ4v) is 0.876. The minimum Gasteiger partial charge on any atom is -0.366 e. The molecule has 60 valence electrons. The van der Waals surface area contributed by atoms with Crippen LogP contribution in [0.2, 0.25) is 0 Å². The van der Waals surface area contributed by atoms with E-state index in [4.69, 9.17) is 14.6 Å². The van der Waals surface area contributed by atoms with Gasteiger partial charge in [0.25, 0.3) is 0 Å². The molecule has 4 nitrogen and oxygen atoms in total. The van der Waals surface area contributed by atoms with Crippen LogP contribution >= 0.6 is 0 Å². The molecule has 0 aliphatic carbocycles. The van der Waals surface area contributed by atoms with Gasteiger partial charge in [-0.1, -0.05) is 0 Å². The number of hydrogen-bond donors (Lipinski definition) is 1. The van der Waals surface area contributed by atoms with Crippen molar-refractivity contribution in [3.63, 3.8) is 0 Å². The van der Waals surface area contributed by atoms with Crippen molar-refractivity contribution in [3.05, 3.63) is 0 Å². The van der Waals surface area contributed by atoms with Crippen molar-refractivity contribution >= 4 is 0 Å². The third kappa shape index (κ3) is 1.91. The molecule has 1 aliphatic heterocycles. The van der Waals surface area contributed by atoms with Gasteiger partial charge in [-0.15, -0.1) is 0 Å². The van der Waals surface area contributed by atoms with Gasteiger partial charge in [0.1, 0.15) is 12.9 Å². The smallest absolute Gasteiger partial charge is 0.181 e. The van der Waals surface area contributed by atoms with Crippen LogP contribution in [0.3, 0.4) is 0 Å². The van der Waals surface area contributed by atoms with E-state index < -0.39 is 6.29 Å². The van der Waals surface area contributed by atoms with Crippen molar-refractivity contribution < 1.29 is 19.3 Å². The number of methoxy groups -OCH3 is 1. The zero-order valence-electron chi connectivity index (χ0n) is 5.95. The largest absolute Gasteiger partial charge is 0.366 e. The van der Waals surface area contributed by atoms with Crippen LogP contribution < -0.4 is 0 Å². The van der Waals surface area contributed by atoms with Crippen LogP contribution in [0.5, 0.6) is 0 Å². The summed E-state index contributed by atoms with van der Waals surface area (Å²) in [5.41, 5.74) is 0. The lowest BCUT2D eigenvalue weighted by molar-refractivity contribution is -0.158. The Labute approximate surface area is 59.7 Å². The molecular formula is C6H12O4. The molecule has 1 rings (SSSR count). The van der Waals surface area contributed by atoms with Gasteiger partial charge in [-0.3, -0.25) is 0 Å². The lowest BCUT2D eigenvalue weighted by Gasteiger charge is -2.12. The van der Waals surface area contributed by atoms with Crippen molar-refractivity contribution in [2.75, 3.05) is 20.5 Å². The monoisotopic (exact) mass is 148 g/mol. The highest BCUT2D eigenvalue weighted by atomic mass is 16.7. The van der Waals surface area contributed by atoms with Crippen LogP contribution in [0.1, 0.15) is 6.42 Å². The van der Waals surface area contributed by atoms with E-state index in [0.717, 1.165) is 6.42 Å². The maximum Gasteiger partial charge on any atom is 0.181 e. The summed E-state index contributed by atoms with van der Waals surface area (Å²) >= 11 is 0. The van der Waals surface area contributed by atoms with Gasteiger partial charge < -0.3 is 19.3 Å². The van der Waals surface area contributed by atoms with Crippen LogP contribution in [0.15, 0.2) is 0 Å². The van der Waals surface area contributed by atoms with E-state index in [-0.39, 0.29) is 12.9 Å². The van der Waals surface area contributed by atoms with E-state index in [1.807, 2.05) is 0 Å². The molecule has 0 spiro atoms. The molecule has 0 aromatic carbocycles. The van der Waals surface area contributed by atoms with Crippen molar-refractivity contribution in [1.29, 1.82) is 0 Å². The Morgan fingerprint density at radius 3 is 3.00 bits per heavy atom. The predicted octanol–water partition coefficient (Wildman–Crippen LogP) is -0.286. The SMILES string of the molecule is COCOC1CCOC1O. The first-order chi connectivity index (χ1) is 4.84. The second-order valence-electron chi connectivity index (χ2n) is 2.16. The minimum absolute atomic E-state index is 0.208. The average Bonchev–Trinajstić information content (AvgIpc) is 2.31. The highest BCUT2D eigenvalue weighted by Crippen LogP contribution is 2.13. The summed E-state index contributed by atoms with van der Waals surface area (Å²) in [4.78, 5) is 0. The summed E-state index contributed by atoms with van der Waals surface area (Å²) < 4.78 is 14.6. The maximum atomic E-state index is 9.01. The van der Waals surface area contributed by atoms with Crippen LogP contribution in [0.4, 0.5) is 0 Å². The van der Waals surface area contributed by atoms with Gasteiger partial charge in [-0.25, -0.2) is 0 Å². The quantitative estimate of drug-likeness (QED) is 0.559. The molecule has 0 bridgehead atoms. The lowest BCUT2D eigenvalue weighted by atomic mass is 10.3. The highest BCUT2D eigenvalue weighted by molar-refractivity contribution is 4.66. The van der Waals surface area contributed by atoms with Crippen molar-refractivity contribution in [1.82, 2.24) is 0 Å². The molecule has 0 amide bonds. The van der Waals surface area contributed by atoms with E-state index >= 15 is 0 Å². The topological polar surface area (TPSA) is 47.9 Å². The maximum absolute atomic E-state index is 9.01. The second-order valence-corrected chi connectivity index (χ2v) is 2.16. The van der Waals surface area contributed by atoms with Crippen LogP contribution in [0.25, 0.3) is 0 Å². The Hall–Kier alpha value is -0.160. The Bertz CT molecular complexity index is 95.7. The van der Waals surface area contributed by atoms with Gasteiger partial charge in [0.05, 0.1) is 6.61 Å². The number of aliphatic hydroxyl groups is 1. The van der Waals surface area contributed by atoms with Gasteiger partial charge in [0.2, 0.25) is 0 Å². The third-order valence-corrected chi connectivity index (χ3v) is 1.41. The molecule has 2 unspecified atom stereocenters. The summed E-state index contributed by atoms with van der Waals surface area (Å²) in [5.74, 6) is 0. The first-order valence-corrected chi connectivity index (χ1v) is 3.25. The molecule has 1 saturated heterocycles. The first-order valence-electron chi connectivity index (χ1n) is 3.25. The van der Waals surface area contributed by atoms with Crippen LogP contribution in [-0.2, 0) is 14.2 Å². The summed E-state index contributed by atoms with van der Waals surface area (Å²) in [6, 6.07) is 0. The van der Waals surface area contributed by atoms with E-state index in [0.29, 0.717) is 6.61 Å². The summed E-state index contributed by atoms with van der Waals surface area (Å²) in [5, 5.41) is 9.01. The summed E-state index contributed by atoms with van der Waals surface area (Å²) in [6.07, 6.45) is -0.236. The lowest BCUT2D eigenvalue weighted by Crippen LogP contribution is -2.24. The van der Waals surface area contributed by atoms with Gasteiger partial charge in [0, 0.05) is 13.5 Å². The van der Waals surface area contributed by atoms with Crippen LogP contribution in [-0.4, -0.2) is 38.0 Å². The van der Waals surface area contributed by atoms with Gasteiger partial charge in [-0.2, -0.15) is 0 Å². The molecular weight excluding hydrogens is 136 g/mol. The fraction of sp³-hybridized carbons (Fsp3) is 1.00. The molecule has 1 aliphatic rings.